The van der Waals surface area contributed by atoms with Crippen molar-refractivity contribution in [2.45, 2.75) is 20.0 Å². The van der Waals surface area contributed by atoms with Crippen molar-refractivity contribution in [2.75, 3.05) is 20.1 Å². The highest BCUT2D eigenvalue weighted by Crippen LogP contribution is 1.87. The van der Waals surface area contributed by atoms with Gasteiger partial charge in [0.15, 0.2) is 0 Å². The molecule has 66 valence electrons. The van der Waals surface area contributed by atoms with Gasteiger partial charge in [0, 0.05) is 20.1 Å². The van der Waals surface area contributed by atoms with Gasteiger partial charge in [-0.3, -0.25) is 0 Å². The smallest absolute Gasteiger partial charge is 0.317 e. The van der Waals surface area contributed by atoms with Crippen LogP contribution in [0.15, 0.2) is 0 Å². The van der Waals surface area contributed by atoms with Crippen LogP contribution in [0.3, 0.4) is 0 Å². The third-order valence-corrected chi connectivity index (χ3v) is 1.21. The number of aliphatic hydroxyl groups excluding tert-OH is 1. The minimum atomic E-state index is -0.470. The molecule has 2 amide bonds. The van der Waals surface area contributed by atoms with Crippen LogP contribution in [-0.2, 0) is 0 Å². The average molecular weight is 160 g/mol. The molecular formula is C7H16N2O2. The Morgan fingerprint density at radius 3 is 2.64 bits per heavy atom. The summed E-state index contributed by atoms with van der Waals surface area (Å²) in [5.74, 6) is 0. The summed E-state index contributed by atoms with van der Waals surface area (Å²) in [5.41, 5.74) is 0. The number of carbonyl (C=O) groups is 1. The first-order valence-electron chi connectivity index (χ1n) is 3.75. The normalized spacial score (nSPS) is 12.4. The van der Waals surface area contributed by atoms with Crippen LogP contribution in [0, 0.1) is 0 Å². The Hall–Kier alpha value is -0.770. The van der Waals surface area contributed by atoms with Crippen molar-refractivity contribution in [2.24, 2.45) is 0 Å². The number of carbonyl (C=O) groups excluding carboxylic acids is 1. The standard InChI is InChI=1S/C7H16N2O2/c1-4-8-7(11)9(3)5-6(2)10/h6,10H,4-5H2,1-3H3,(H,8,11). The highest BCUT2D eigenvalue weighted by atomic mass is 16.3. The van der Waals surface area contributed by atoms with Gasteiger partial charge in [0.1, 0.15) is 0 Å². The fraction of sp³-hybridized carbons (Fsp3) is 0.857. The second-order valence-electron chi connectivity index (χ2n) is 2.57. The van der Waals surface area contributed by atoms with Gasteiger partial charge in [0.25, 0.3) is 0 Å². The third-order valence-electron chi connectivity index (χ3n) is 1.21. The van der Waals surface area contributed by atoms with Crippen molar-refractivity contribution in [3.63, 3.8) is 0 Å². The van der Waals surface area contributed by atoms with Gasteiger partial charge in [-0.2, -0.15) is 0 Å². The quantitative estimate of drug-likeness (QED) is 0.612. The van der Waals surface area contributed by atoms with E-state index in [2.05, 4.69) is 5.32 Å². The first kappa shape index (κ1) is 10.2. The van der Waals surface area contributed by atoms with E-state index in [1.165, 1.54) is 4.90 Å². The van der Waals surface area contributed by atoms with Crippen LogP contribution >= 0.6 is 0 Å². The second kappa shape index (κ2) is 4.96. The van der Waals surface area contributed by atoms with Gasteiger partial charge in [0.05, 0.1) is 6.10 Å². The molecule has 0 radical (unpaired) electrons. The van der Waals surface area contributed by atoms with Crippen LogP contribution in [0.4, 0.5) is 4.79 Å². The van der Waals surface area contributed by atoms with Crippen LogP contribution in [0.2, 0.25) is 0 Å². The van der Waals surface area contributed by atoms with Crippen LogP contribution in [-0.4, -0.2) is 42.3 Å². The maximum absolute atomic E-state index is 11.0. The van der Waals surface area contributed by atoms with Gasteiger partial charge in [0.2, 0.25) is 0 Å². The fourth-order valence-electron chi connectivity index (χ4n) is 0.765. The molecule has 2 N–H and O–H groups in total. The van der Waals surface area contributed by atoms with E-state index in [1.54, 1.807) is 14.0 Å². The van der Waals surface area contributed by atoms with Gasteiger partial charge >= 0.3 is 6.03 Å². The number of hydrogen-bond acceptors (Lipinski definition) is 2. The molecule has 0 fully saturated rings. The molecule has 1 unspecified atom stereocenters. The molecule has 0 aromatic rings. The van der Waals surface area contributed by atoms with E-state index in [4.69, 9.17) is 5.11 Å². The zero-order valence-electron chi connectivity index (χ0n) is 7.29. The molecule has 0 aliphatic heterocycles. The largest absolute Gasteiger partial charge is 0.392 e. The molecule has 4 nitrogen and oxygen atoms in total. The molecule has 0 rings (SSSR count). The average Bonchev–Trinajstić information content (AvgIpc) is 1.86. The SMILES string of the molecule is CCNC(=O)N(C)CC(C)O. The first-order valence-corrected chi connectivity index (χ1v) is 3.75. The van der Waals surface area contributed by atoms with Crippen LogP contribution < -0.4 is 5.32 Å². The van der Waals surface area contributed by atoms with Gasteiger partial charge in [-0.25, -0.2) is 4.79 Å². The molecule has 0 saturated carbocycles. The van der Waals surface area contributed by atoms with Crippen molar-refractivity contribution in [1.82, 2.24) is 10.2 Å². The summed E-state index contributed by atoms with van der Waals surface area (Å²) in [7, 11) is 1.65. The number of nitrogens with one attached hydrogen (secondary N) is 1. The predicted octanol–water partition coefficient (Wildman–Crippen LogP) is 0.0285. The summed E-state index contributed by atoms with van der Waals surface area (Å²) in [6.07, 6.45) is -0.470. The number of aliphatic hydroxyl groups is 1. The Balaban J connectivity index is 3.64. The second-order valence-corrected chi connectivity index (χ2v) is 2.57. The Bertz CT molecular complexity index is 126. The lowest BCUT2D eigenvalue weighted by Gasteiger charge is -2.18. The van der Waals surface area contributed by atoms with E-state index in [0.717, 1.165) is 0 Å². The topological polar surface area (TPSA) is 52.6 Å². The Morgan fingerprint density at radius 1 is 1.73 bits per heavy atom. The van der Waals surface area contributed by atoms with Crippen molar-refractivity contribution in [3.05, 3.63) is 0 Å². The lowest BCUT2D eigenvalue weighted by atomic mass is 10.4. The zero-order chi connectivity index (χ0) is 8.85. The van der Waals surface area contributed by atoms with Crippen LogP contribution in [0.25, 0.3) is 0 Å². The van der Waals surface area contributed by atoms with Gasteiger partial charge in [-0.15, -0.1) is 0 Å². The lowest BCUT2D eigenvalue weighted by molar-refractivity contribution is 0.144. The van der Waals surface area contributed by atoms with E-state index in [1.807, 2.05) is 6.92 Å². The van der Waals surface area contributed by atoms with Crippen LogP contribution in [0.5, 0.6) is 0 Å². The van der Waals surface area contributed by atoms with E-state index in [9.17, 15) is 4.79 Å². The van der Waals surface area contributed by atoms with E-state index in [0.29, 0.717) is 13.1 Å². The number of nitrogens with zero attached hydrogens (tertiary/aromatic N) is 1. The predicted molar refractivity (Wildman–Crippen MR) is 43.4 cm³/mol. The van der Waals surface area contributed by atoms with Gasteiger partial charge < -0.3 is 15.3 Å². The molecule has 0 aliphatic rings. The van der Waals surface area contributed by atoms with Crippen molar-refractivity contribution in [1.29, 1.82) is 0 Å². The van der Waals surface area contributed by atoms with Crippen LogP contribution in [0.1, 0.15) is 13.8 Å². The van der Waals surface area contributed by atoms with Crippen molar-refractivity contribution in [3.8, 4) is 0 Å². The van der Waals surface area contributed by atoms with E-state index in [-0.39, 0.29) is 6.03 Å². The third kappa shape index (κ3) is 4.61. The summed E-state index contributed by atoms with van der Waals surface area (Å²) in [4.78, 5) is 12.4. The van der Waals surface area contributed by atoms with Gasteiger partial charge in [-0.1, -0.05) is 0 Å². The molecule has 0 aromatic heterocycles. The summed E-state index contributed by atoms with van der Waals surface area (Å²) in [6, 6.07) is -0.145. The summed E-state index contributed by atoms with van der Waals surface area (Å²) in [5, 5.41) is 11.5. The Morgan fingerprint density at radius 2 is 2.27 bits per heavy atom. The Kier molecular flexibility index (Phi) is 4.61. The molecule has 11 heavy (non-hydrogen) atoms. The monoisotopic (exact) mass is 160 g/mol. The van der Waals surface area contributed by atoms with Gasteiger partial charge in [-0.05, 0) is 13.8 Å². The fourth-order valence-corrected chi connectivity index (χ4v) is 0.765. The molecule has 0 saturated heterocycles. The molecular weight excluding hydrogens is 144 g/mol. The highest BCUT2D eigenvalue weighted by molar-refractivity contribution is 5.73. The van der Waals surface area contributed by atoms with E-state index >= 15 is 0 Å². The first-order chi connectivity index (χ1) is 5.07. The van der Waals surface area contributed by atoms with Crippen molar-refractivity contribution < 1.29 is 9.90 Å². The Labute approximate surface area is 67.2 Å². The number of amides is 2. The maximum Gasteiger partial charge on any atom is 0.317 e. The maximum atomic E-state index is 11.0. The summed E-state index contributed by atoms with van der Waals surface area (Å²) >= 11 is 0. The zero-order valence-corrected chi connectivity index (χ0v) is 7.29. The lowest BCUT2D eigenvalue weighted by Crippen LogP contribution is -2.40. The molecule has 0 heterocycles. The highest BCUT2D eigenvalue weighted by Gasteiger charge is 2.08. The minimum Gasteiger partial charge on any atom is -0.392 e. The number of likely N-dealkylation sites (N-methyl/N-ethyl adjacent to an activating group) is 1. The molecule has 0 bridgehead atoms. The molecule has 4 heteroatoms. The summed E-state index contributed by atoms with van der Waals surface area (Å²) in [6.45, 7) is 4.48. The number of rotatable bonds is 3. The molecule has 1 atom stereocenters. The molecule has 0 aromatic carbocycles. The summed E-state index contributed by atoms with van der Waals surface area (Å²) < 4.78 is 0. The van der Waals surface area contributed by atoms with Crippen molar-refractivity contribution >= 4 is 6.03 Å². The molecule has 0 spiro atoms. The minimum absolute atomic E-state index is 0.145. The van der Waals surface area contributed by atoms with E-state index < -0.39 is 6.10 Å². The number of urea groups is 1. The molecule has 0 aliphatic carbocycles. The number of hydrogen-bond donors (Lipinski definition) is 2.